The molecule has 0 bridgehead atoms. The van der Waals surface area contributed by atoms with Crippen LogP contribution in [0.1, 0.15) is 64.7 Å². The summed E-state index contributed by atoms with van der Waals surface area (Å²) in [5.41, 5.74) is 0. The van der Waals surface area contributed by atoms with Crippen molar-refractivity contribution < 1.29 is 19.8 Å². The van der Waals surface area contributed by atoms with Gasteiger partial charge in [-0.2, -0.15) is 0 Å². The van der Waals surface area contributed by atoms with Crippen LogP contribution in [0.5, 0.6) is 0 Å². The van der Waals surface area contributed by atoms with Crippen molar-refractivity contribution in [3.05, 3.63) is 0 Å². The molecule has 1 amide bonds. The Hall–Kier alpha value is -0.140. The third kappa shape index (κ3) is 18.2. The molecular weight excluding hydrogens is 319 g/mol. The molecule has 0 fully saturated rings. The molecule has 138 valence electrons. The number of nitrogens with one attached hydrogen (secondary N) is 1. The molecule has 3 N–H and O–H groups in total. The molecule has 0 heterocycles. The van der Waals surface area contributed by atoms with E-state index in [1.165, 1.54) is 32.1 Å². The van der Waals surface area contributed by atoms with E-state index in [4.69, 9.17) is 10.2 Å². The van der Waals surface area contributed by atoms with Crippen molar-refractivity contribution in [3.8, 4) is 0 Å². The molecule has 24 heavy (non-hydrogen) atoms. The van der Waals surface area contributed by atoms with Crippen molar-refractivity contribution in [1.29, 1.82) is 0 Å². The van der Waals surface area contributed by atoms with E-state index in [1.807, 2.05) is 4.90 Å². The first-order chi connectivity index (χ1) is 11.1. The van der Waals surface area contributed by atoms with E-state index < -0.39 is 5.97 Å². The Morgan fingerprint density at radius 3 is 2.12 bits per heavy atom. The Bertz CT molecular complexity index is 317. The summed E-state index contributed by atoms with van der Waals surface area (Å²) >= 11 is 0. The second-order valence-electron chi connectivity index (χ2n) is 5.93. The molecule has 0 aliphatic carbocycles. The van der Waals surface area contributed by atoms with E-state index in [9.17, 15) is 9.59 Å². The van der Waals surface area contributed by atoms with Gasteiger partial charge in [-0.25, -0.2) is 0 Å². The van der Waals surface area contributed by atoms with Crippen LogP contribution in [0.2, 0.25) is 0 Å². The van der Waals surface area contributed by atoms with Gasteiger partial charge in [0.2, 0.25) is 5.91 Å². The van der Waals surface area contributed by atoms with E-state index in [2.05, 4.69) is 12.2 Å². The van der Waals surface area contributed by atoms with Gasteiger partial charge in [0, 0.05) is 32.6 Å². The predicted octanol–water partition coefficient (Wildman–Crippen LogP) is 1.36. The van der Waals surface area contributed by atoms with Gasteiger partial charge in [0.15, 0.2) is 0 Å². The summed E-state index contributed by atoms with van der Waals surface area (Å²) in [7, 11) is 0. The van der Waals surface area contributed by atoms with Crippen LogP contribution in [0, 0.1) is 0 Å². The van der Waals surface area contributed by atoms with Crippen molar-refractivity contribution in [2.75, 3.05) is 32.8 Å². The fourth-order valence-corrected chi connectivity index (χ4v) is 2.42. The van der Waals surface area contributed by atoms with Crippen molar-refractivity contribution >= 4 is 41.4 Å². The van der Waals surface area contributed by atoms with Gasteiger partial charge in [-0.1, -0.05) is 45.4 Å². The number of aliphatic hydroxyl groups excluding tert-OH is 1. The molecule has 0 atom stereocenters. The maximum absolute atomic E-state index is 11.7. The van der Waals surface area contributed by atoms with E-state index >= 15 is 0 Å². The van der Waals surface area contributed by atoms with Crippen LogP contribution >= 0.6 is 0 Å². The SMILES string of the molecule is CCCCCCCCCC(=O)NCCN(CCO)CCC(=O)O.[NaH]. The number of aliphatic carboxylic acids is 1. The van der Waals surface area contributed by atoms with E-state index in [0.29, 0.717) is 32.6 Å². The number of carbonyl (C=O) groups excluding carboxylic acids is 1. The van der Waals surface area contributed by atoms with Gasteiger partial charge in [-0.05, 0) is 6.42 Å². The molecule has 0 aromatic heterocycles. The Kier molecular flexibility index (Phi) is 20.9. The fraction of sp³-hybridized carbons (Fsp3) is 0.882. The molecular formula is C17H35N2NaO4. The summed E-state index contributed by atoms with van der Waals surface area (Å²) in [6, 6.07) is 0. The number of amides is 1. The number of carbonyl (C=O) groups is 2. The Morgan fingerprint density at radius 2 is 1.54 bits per heavy atom. The first-order valence-electron chi connectivity index (χ1n) is 8.91. The molecule has 0 aromatic rings. The van der Waals surface area contributed by atoms with Gasteiger partial charge in [-0.3, -0.25) is 14.5 Å². The van der Waals surface area contributed by atoms with Crippen molar-refractivity contribution in [3.63, 3.8) is 0 Å². The topological polar surface area (TPSA) is 89.9 Å². The number of hydrogen-bond acceptors (Lipinski definition) is 4. The van der Waals surface area contributed by atoms with Gasteiger partial charge in [-0.15, -0.1) is 0 Å². The Balaban J connectivity index is 0. The Labute approximate surface area is 168 Å². The normalized spacial score (nSPS) is 10.5. The number of nitrogens with zero attached hydrogens (tertiary/aromatic N) is 1. The van der Waals surface area contributed by atoms with Gasteiger partial charge in [0.05, 0.1) is 13.0 Å². The minimum atomic E-state index is -0.851. The van der Waals surface area contributed by atoms with Crippen molar-refractivity contribution in [2.24, 2.45) is 0 Å². The monoisotopic (exact) mass is 354 g/mol. The number of aliphatic hydroxyl groups is 1. The van der Waals surface area contributed by atoms with Crippen LogP contribution in [0.3, 0.4) is 0 Å². The van der Waals surface area contributed by atoms with Crippen LogP contribution in [0.15, 0.2) is 0 Å². The third-order valence-corrected chi connectivity index (χ3v) is 3.82. The zero-order valence-electron chi connectivity index (χ0n) is 14.6. The fourth-order valence-electron chi connectivity index (χ4n) is 2.42. The third-order valence-electron chi connectivity index (χ3n) is 3.82. The average Bonchev–Trinajstić information content (AvgIpc) is 2.51. The summed E-state index contributed by atoms with van der Waals surface area (Å²) in [5, 5.41) is 20.5. The van der Waals surface area contributed by atoms with Gasteiger partial charge >= 0.3 is 35.5 Å². The molecule has 0 spiro atoms. The second kappa shape index (κ2) is 19.2. The van der Waals surface area contributed by atoms with Crippen LogP contribution < -0.4 is 5.32 Å². The maximum atomic E-state index is 11.7. The van der Waals surface area contributed by atoms with Gasteiger partial charge < -0.3 is 15.5 Å². The average molecular weight is 354 g/mol. The minimum absolute atomic E-state index is 0. The van der Waals surface area contributed by atoms with E-state index in [-0.39, 0.29) is 48.5 Å². The molecule has 0 aliphatic rings. The van der Waals surface area contributed by atoms with Gasteiger partial charge in [0.25, 0.3) is 0 Å². The molecule has 0 radical (unpaired) electrons. The van der Waals surface area contributed by atoms with Crippen LogP contribution in [0.25, 0.3) is 0 Å². The standard InChI is InChI=1S/C17H34N2O4.Na.H/c1-2-3-4-5-6-7-8-9-16(21)18-11-13-19(14-15-20)12-10-17(22)23;;/h20H,2-15H2,1H3,(H,18,21)(H,22,23);;. The zero-order valence-corrected chi connectivity index (χ0v) is 14.6. The molecule has 0 aliphatic heterocycles. The second-order valence-corrected chi connectivity index (χ2v) is 5.93. The molecule has 0 aromatic carbocycles. The quantitative estimate of drug-likeness (QED) is 0.288. The van der Waals surface area contributed by atoms with Crippen molar-refractivity contribution in [2.45, 2.75) is 64.7 Å². The molecule has 0 saturated carbocycles. The number of unbranched alkanes of at least 4 members (excludes halogenated alkanes) is 6. The first-order valence-corrected chi connectivity index (χ1v) is 8.91. The van der Waals surface area contributed by atoms with E-state index in [1.54, 1.807) is 0 Å². The van der Waals surface area contributed by atoms with Crippen LogP contribution in [-0.4, -0.2) is 89.3 Å². The summed E-state index contributed by atoms with van der Waals surface area (Å²) in [6.45, 7) is 4.08. The molecule has 7 heteroatoms. The summed E-state index contributed by atoms with van der Waals surface area (Å²) in [6.07, 6.45) is 8.94. The number of carboxylic acid groups (broad SMARTS) is 1. The van der Waals surface area contributed by atoms with Crippen LogP contribution in [-0.2, 0) is 9.59 Å². The number of hydrogen-bond donors (Lipinski definition) is 3. The Morgan fingerprint density at radius 1 is 0.917 bits per heavy atom. The zero-order chi connectivity index (χ0) is 17.3. The molecule has 6 nitrogen and oxygen atoms in total. The summed E-state index contributed by atoms with van der Waals surface area (Å²) < 4.78 is 0. The first kappa shape index (κ1) is 26.1. The van der Waals surface area contributed by atoms with E-state index in [0.717, 1.165) is 12.8 Å². The molecule has 0 saturated heterocycles. The van der Waals surface area contributed by atoms with Crippen molar-refractivity contribution in [1.82, 2.24) is 10.2 Å². The number of carboxylic acids is 1. The number of rotatable bonds is 16. The summed E-state index contributed by atoms with van der Waals surface area (Å²) in [5.74, 6) is -0.795. The molecule has 0 rings (SSSR count). The molecule has 0 unspecified atom stereocenters. The summed E-state index contributed by atoms with van der Waals surface area (Å²) in [4.78, 5) is 24.1. The van der Waals surface area contributed by atoms with Gasteiger partial charge in [0.1, 0.15) is 0 Å². The van der Waals surface area contributed by atoms with Crippen LogP contribution in [0.4, 0.5) is 0 Å². The predicted molar refractivity (Wildman–Crippen MR) is 98.5 cm³/mol.